The van der Waals surface area contributed by atoms with E-state index in [2.05, 4.69) is 9.97 Å². The van der Waals surface area contributed by atoms with E-state index in [-0.39, 0.29) is 5.75 Å². The molecule has 0 saturated carbocycles. The molecule has 4 heteroatoms. The van der Waals surface area contributed by atoms with E-state index in [4.69, 9.17) is 11.6 Å². The molecule has 2 rings (SSSR count). The zero-order valence-corrected chi connectivity index (χ0v) is 6.26. The number of hydrogen-bond donors (Lipinski definition) is 2. The Kier molecular flexibility index (Phi) is 1.26. The highest BCUT2D eigenvalue weighted by Gasteiger charge is 2.05. The summed E-state index contributed by atoms with van der Waals surface area (Å²) in [5.74, 6) is 0.137. The fourth-order valence-corrected chi connectivity index (χ4v) is 1.27. The quantitative estimate of drug-likeness (QED) is 0.591. The van der Waals surface area contributed by atoms with Gasteiger partial charge in [-0.1, -0.05) is 11.6 Å². The molecule has 0 spiro atoms. The van der Waals surface area contributed by atoms with E-state index in [0.717, 1.165) is 5.52 Å². The molecule has 3 nitrogen and oxygen atoms in total. The summed E-state index contributed by atoms with van der Waals surface area (Å²) >= 11 is 5.71. The lowest BCUT2D eigenvalue weighted by molar-refractivity contribution is 0.481. The van der Waals surface area contributed by atoms with Crippen molar-refractivity contribution in [2.75, 3.05) is 0 Å². The number of rotatable bonds is 0. The van der Waals surface area contributed by atoms with E-state index in [1.807, 2.05) is 0 Å². The molecule has 0 unspecified atom stereocenters. The number of aromatic nitrogens is 2. The van der Waals surface area contributed by atoms with Gasteiger partial charge in [0.15, 0.2) is 0 Å². The highest BCUT2D eigenvalue weighted by molar-refractivity contribution is 6.34. The van der Waals surface area contributed by atoms with Crippen LogP contribution >= 0.6 is 11.6 Å². The van der Waals surface area contributed by atoms with Gasteiger partial charge in [-0.25, -0.2) is 4.98 Å². The topological polar surface area (TPSA) is 48.9 Å². The van der Waals surface area contributed by atoms with E-state index >= 15 is 0 Å². The molecule has 0 aliphatic rings. The Bertz CT molecular complexity index is 396. The zero-order valence-electron chi connectivity index (χ0n) is 5.50. The van der Waals surface area contributed by atoms with Gasteiger partial charge in [0, 0.05) is 12.4 Å². The highest BCUT2D eigenvalue weighted by atomic mass is 35.5. The van der Waals surface area contributed by atoms with Crippen LogP contribution in [0.4, 0.5) is 0 Å². The molecular weight excluding hydrogens is 164 g/mol. The monoisotopic (exact) mass is 168 g/mol. The smallest absolute Gasteiger partial charge is 0.143 e. The summed E-state index contributed by atoms with van der Waals surface area (Å²) in [5.41, 5.74) is 0.794. The van der Waals surface area contributed by atoms with Crippen molar-refractivity contribution in [3.05, 3.63) is 23.6 Å². The predicted octanol–water partition coefficient (Wildman–Crippen LogP) is 1.92. The summed E-state index contributed by atoms with van der Waals surface area (Å²) in [7, 11) is 0. The molecule has 0 aliphatic heterocycles. The summed E-state index contributed by atoms with van der Waals surface area (Å²) in [6, 6.07) is 1.75. The molecule has 0 atom stereocenters. The molecule has 2 aromatic rings. The lowest BCUT2D eigenvalue weighted by Gasteiger charge is -1.91. The number of H-pyrrole nitrogens is 1. The summed E-state index contributed by atoms with van der Waals surface area (Å²) < 4.78 is 0. The number of pyridine rings is 1. The first-order valence-electron chi connectivity index (χ1n) is 3.09. The van der Waals surface area contributed by atoms with Gasteiger partial charge in [0.2, 0.25) is 0 Å². The van der Waals surface area contributed by atoms with Crippen LogP contribution in [0.5, 0.6) is 5.75 Å². The molecule has 2 aromatic heterocycles. The average molecular weight is 169 g/mol. The van der Waals surface area contributed by atoms with Crippen molar-refractivity contribution < 1.29 is 5.11 Å². The highest BCUT2D eigenvalue weighted by Crippen LogP contribution is 2.28. The second kappa shape index (κ2) is 2.13. The van der Waals surface area contributed by atoms with Gasteiger partial charge in [-0.05, 0) is 6.07 Å². The standard InChI is InChI=1S/C7H5ClN2O/c8-7-6-4(1-2-9-7)10-3-5(6)11/h1-3,10-11H. The van der Waals surface area contributed by atoms with Crippen LogP contribution in [-0.2, 0) is 0 Å². The van der Waals surface area contributed by atoms with Gasteiger partial charge in [-0.15, -0.1) is 0 Å². The maximum atomic E-state index is 9.24. The van der Waals surface area contributed by atoms with Gasteiger partial charge in [-0.3, -0.25) is 0 Å². The summed E-state index contributed by atoms with van der Waals surface area (Å²) in [6.45, 7) is 0. The third-order valence-electron chi connectivity index (χ3n) is 1.53. The van der Waals surface area contributed by atoms with E-state index < -0.39 is 0 Å². The Morgan fingerprint density at radius 3 is 3.09 bits per heavy atom. The Hall–Kier alpha value is -1.22. The third-order valence-corrected chi connectivity index (χ3v) is 1.81. The van der Waals surface area contributed by atoms with Gasteiger partial charge in [0.25, 0.3) is 0 Å². The van der Waals surface area contributed by atoms with E-state index in [1.165, 1.54) is 6.20 Å². The first kappa shape index (κ1) is 6.49. The number of halogens is 1. The Labute approximate surface area is 67.6 Å². The fraction of sp³-hybridized carbons (Fsp3) is 0. The molecule has 2 N–H and O–H groups in total. The van der Waals surface area contributed by atoms with Crippen LogP contribution in [0.2, 0.25) is 5.15 Å². The van der Waals surface area contributed by atoms with Crippen LogP contribution in [0, 0.1) is 0 Å². The van der Waals surface area contributed by atoms with Crippen LogP contribution < -0.4 is 0 Å². The summed E-state index contributed by atoms with van der Waals surface area (Å²) in [5, 5.41) is 10.1. The van der Waals surface area contributed by atoms with Crippen LogP contribution in [0.3, 0.4) is 0 Å². The number of hydrogen-bond acceptors (Lipinski definition) is 2. The molecule has 0 fully saturated rings. The lowest BCUT2D eigenvalue weighted by atomic mass is 10.3. The first-order valence-corrected chi connectivity index (χ1v) is 3.47. The van der Waals surface area contributed by atoms with Crippen LogP contribution in [0.1, 0.15) is 0 Å². The number of aromatic hydroxyl groups is 1. The maximum Gasteiger partial charge on any atom is 0.143 e. The maximum absolute atomic E-state index is 9.24. The second-order valence-electron chi connectivity index (χ2n) is 2.20. The molecule has 0 radical (unpaired) electrons. The number of nitrogens with zero attached hydrogens (tertiary/aromatic N) is 1. The number of aromatic amines is 1. The second-order valence-corrected chi connectivity index (χ2v) is 2.56. The van der Waals surface area contributed by atoms with Crippen molar-refractivity contribution >= 4 is 22.5 Å². The van der Waals surface area contributed by atoms with Gasteiger partial charge in [0.1, 0.15) is 10.9 Å². The largest absolute Gasteiger partial charge is 0.506 e. The predicted molar refractivity (Wildman–Crippen MR) is 42.8 cm³/mol. The minimum absolute atomic E-state index is 0.137. The van der Waals surface area contributed by atoms with Crippen LogP contribution in [0.15, 0.2) is 18.5 Å². The molecule has 0 aromatic carbocycles. The number of nitrogens with one attached hydrogen (secondary N) is 1. The van der Waals surface area contributed by atoms with E-state index in [1.54, 1.807) is 12.3 Å². The van der Waals surface area contributed by atoms with Crippen molar-refractivity contribution in [2.45, 2.75) is 0 Å². The third kappa shape index (κ3) is 0.851. The van der Waals surface area contributed by atoms with Gasteiger partial charge in [-0.2, -0.15) is 0 Å². The van der Waals surface area contributed by atoms with Crippen LogP contribution in [0.25, 0.3) is 10.9 Å². The van der Waals surface area contributed by atoms with Gasteiger partial charge in [0.05, 0.1) is 10.9 Å². The summed E-state index contributed by atoms with van der Waals surface area (Å²) in [6.07, 6.45) is 3.07. The lowest BCUT2D eigenvalue weighted by Crippen LogP contribution is -1.74. The van der Waals surface area contributed by atoms with E-state index in [0.29, 0.717) is 10.5 Å². The Morgan fingerprint density at radius 2 is 2.36 bits per heavy atom. The Morgan fingerprint density at radius 1 is 1.55 bits per heavy atom. The molecule has 0 amide bonds. The molecule has 0 saturated heterocycles. The molecule has 11 heavy (non-hydrogen) atoms. The molecule has 0 bridgehead atoms. The zero-order chi connectivity index (χ0) is 7.84. The van der Waals surface area contributed by atoms with Gasteiger partial charge < -0.3 is 10.1 Å². The normalized spacial score (nSPS) is 10.6. The minimum Gasteiger partial charge on any atom is -0.506 e. The van der Waals surface area contributed by atoms with Crippen molar-refractivity contribution in [3.8, 4) is 5.75 Å². The average Bonchev–Trinajstić information content (AvgIpc) is 2.34. The van der Waals surface area contributed by atoms with Gasteiger partial charge >= 0.3 is 0 Å². The van der Waals surface area contributed by atoms with Crippen molar-refractivity contribution in [1.82, 2.24) is 9.97 Å². The molecule has 56 valence electrons. The SMILES string of the molecule is Oc1c[nH]c2ccnc(Cl)c12. The number of fused-ring (bicyclic) bond motifs is 1. The van der Waals surface area contributed by atoms with E-state index in [9.17, 15) is 5.11 Å². The van der Waals surface area contributed by atoms with Crippen molar-refractivity contribution in [3.63, 3.8) is 0 Å². The van der Waals surface area contributed by atoms with Crippen molar-refractivity contribution in [1.29, 1.82) is 0 Å². The first-order chi connectivity index (χ1) is 5.29. The molecular formula is C7H5ClN2O. The van der Waals surface area contributed by atoms with Crippen molar-refractivity contribution in [2.24, 2.45) is 0 Å². The summed E-state index contributed by atoms with van der Waals surface area (Å²) in [4.78, 5) is 6.68. The van der Waals surface area contributed by atoms with Crippen LogP contribution in [-0.4, -0.2) is 15.1 Å². The fourth-order valence-electron chi connectivity index (χ4n) is 1.02. The molecule has 2 heterocycles. The molecule has 0 aliphatic carbocycles. The Balaban J connectivity index is 2.96. The minimum atomic E-state index is 0.137.